The molecule has 1 aliphatic rings. The maximum absolute atomic E-state index is 12.0. The van der Waals surface area contributed by atoms with Crippen molar-refractivity contribution in [1.29, 1.82) is 0 Å². The van der Waals surface area contributed by atoms with Crippen LogP contribution in [0.3, 0.4) is 0 Å². The van der Waals surface area contributed by atoms with Crippen LogP contribution < -0.4 is 20.1 Å². The van der Waals surface area contributed by atoms with Crippen molar-refractivity contribution in [3.8, 4) is 11.5 Å². The number of rotatable bonds is 6. The zero-order valence-corrected chi connectivity index (χ0v) is 14.0. The number of hydrogen-bond donors (Lipinski definition) is 2. The third-order valence-corrected chi connectivity index (χ3v) is 3.79. The van der Waals surface area contributed by atoms with Crippen molar-refractivity contribution in [1.82, 2.24) is 5.32 Å². The SMILES string of the molecule is Cc1ccc(OCCNC(=O)C[C@@H]2Oc3ccccc3NC2=O)cc1. The molecule has 130 valence electrons. The predicted molar refractivity (Wildman–Crippen MR) is 93.8 cm³/mol. The lowest BCUT2D eigenvalue weighted by Gasteiger charge is -2.25. The second-order valence-corrected chi connectivity index (χ2v) is 5.81. The van der Waals surface area contributed by atoms with E-state index in [1.807, 2.05) is 43.3 Å². The Kier molecular flexibility index (Phi) is 5.18. The maximum atomic E-state index is 12.0. The molecule has 1 atom stereocenters. The van der Waals surface area contributed by atoms with Crippen molar-refractivity contribution in [3.63, 3.8) is 0 Å². The molecule has 1 aliphatic heterocycles. The van der Waals surface area contributed by atoms with E-state index in [2.05, 4.69) is 10.6 Å². The van der Waals surface area contributed by atoms with Gasteiger partial charge in [-0.05, 0) is 31.2 Å². The number of hydrogen-bond acceptors (Lipinski definition) is 4. The van der Waals surface area contributed by atoms with Gasteiger partial charge >= 0.3 is 0 Å². The number of fused-ring (bicyclic) bond motifs is 1. The smallest absolute Gasteiger partial charge is 0.266 e. The van der Waals surface area contributed by atoms with Crippen molar-refractivity contribution in [2.75, 3.05) is 18.5 Å². The molecule has 6 nitrogen and oxygen atoms in total. The first-order valence-corrected chi connectivity index (χ1v) is 8.14. The standard InChI is InChI=1S/C19H20N2O4/c1-13-6-8-14(9-7-13)24-11-10-20-18(22)12-17-19(23)21-15-4-2-3-5-16(15)25-17/h2-9,17H,10-12H2,1H3,(H,20,22)(H,21,23)/t17-/m0/s1. The van der Waals surface area contributed by atoms with Gasteiger partial charge in [-0.3, -0.25) is 9.59 Å². The molecular formula is C19H20N2O4. The van der Waals surface area contributed by atoms with Gasteiger partial charge in [-0.25, -0.2) is 0 Å². The summed E-state index contributed by atoms with van der Waals surface area (Å²) in [4.78, 5) is 24.0. The number of carbonyl (C=O) groups excluding carboxylic acids is 2. The Hall–Kier alpha value is -3.02. The van der Waals surface area contributed by atoms with Crippen LogP contribution in [0.2, 0.25) is 0 Å². The van der Waals surface area contributed by atoms with Crippen LogP contribution in [-0.2, 0) is 9.59 Å². The summed E-state index contributed by atoms with van der Waals surface area (Å²) in [5.74, 6) is 0.755. The van der Waals surface area contributed by atoms with Crippen molar-refractivity contribution in [3.05, 3.63) is 54.1 Å². The fraction of sp³-hybridized carbons (Fsp3) is 0.263. The molecule has 2 aromatic carbocycles. The molecule has 2 amide bonds. The Morgan fingerprint density at radius 1 is 1.20 bits per heavy atom. The third-order valence-electron chi connectivity index (χ3n) is 3.79. The molecule has 0 aliphatic carbocycles. The normalized spacial score (nSPS) is 15.6. The molecule has 0 aromatic heterocycles. The van der Waals surface area contributed by atoms with Gasteiger partial charge in [0, 0.05) is 0 Å². The number of benzene rings is 2. The molecule has 0 spiro atoms. The Balaban J connectivity index is 1.42. The van der Waals surface area contributed by atoms with E-state index in [-0.39, 0.29) is 18.2 Å². The molecule has 2 aromatic rings. The lowest BCUT2D eigenvalue weighted by atomic mass is 10.1. The highest BCUT2D eigenvalue weighted by atomic mass is 16.5. The average Bonchev–Trinajstić information content (AvgIpc) is 2.61. The van der Waals surface area contributed by atoms with Gasteiger partial charge in [-0.2, -0.15) is 0 Å². The average molecular weight is 340 g/mol. The summed E-state index contributed by atoms with van der Waals surface area (Å²) >= 11 is 0. The summed E-state index contributed by atoms with van der Waals surface area (Å²) in [5, 5.41) is 5.47. The fourth-order valence-corrected chi connectivity index (χ4v) is 2.46. The second-order valence-electron chi connectivity index (χ2n) is 5.81. The van der Waals surface area contributed by atoms with E-state index < -0.39 is 6.10 Å². The molecule has 0 fully saturated rings. The lowest BCUT2D eigenvalue weighted by Crippen LogP contribution is -2.41. The molecule has 1 heterocycles. The Morgan fingerprint density at radius 3 is 2.76 bits per heavy atom. The molecule has 3 rings (SSSR count). The van der Waals surface area contributed by atoms with Gasteiger partial charge in [-0.15, -0.1) is 0 Å². The molecule has 0 unspecified atom stereocenters. The molecule has 0 radical (unpaired) electrons. The van der Waals surface area contributed by atoms with Gasteiger partial charge in [0.1, 0.15) is 18.1 Å². The fourth-order valence-electron chi connectivity index (χ4n) is 2.46. The zero-order chi connectivity index (χ0) is 17.6. The Bertz CT molecular complexity index is 758. The first kappa shape index (κ1) is 16.8. The first-order valence-electron chi connectivity index (χ1n) is 8.14. The Labute approximate surface area is 146 Å². The highest BCUT2D eigenvalue weighted by Crippen LogP contribution is 2.29. The molecule has 0 saturated carbocycles. The van der Waals surface area contributed by atoms with Crippen LogP contribution in [0.25, 0.3) is 0 Å². The van der Waals surface area contributed by atoms with Crippen LogP contribution in [0, 0.1) is 6.92 Å². The highest BCUT2D eigenvalue weighted by Gasteiger charge is 2.29. The van der Waals surface area contributed by atoms with E-state index in [4.69, 9.17) is 9.47 Å². The largest absolute Gasteiger partial charge is 0.492 e. The van der Waals surface area contributed by atoms with Crippen molar-refractivity contribution >= 4 is 17.5 Å². The number of nitrogens with one attached hydrogen (secondary N) is 2. The van der Waals surface area contributed by atoms with E-state index in [0.29, 0.717) is 24.6 Å². The minimum Gasteiger partial charge on any atom is -0.492 e. The van der Waals surface area contributed by atoms with Crippen molar-refractivity contribution in [2.45, 2.75) is 19.4 Å². The summed E-state index contributed by atoms with van der Waals surface area (Å²) in [5.41, 5.74) is 1.78. The second kappa shape index (κ2) is 7.70. The lowest BCUT2D eigenvalue weighted by molar-refractivity contribution is -0.130. The number of ether oxygens (including phenoxy) is 2. The number of amides is 2. The number of aryl methyl sites for hydroxylation is 1. The van der Waals surface area contributed by atoms with Gasteiger partial charge < -0.3 is 20.1 Å². The summed E-state index contributed by atoms with van der Waals surface area (Å²) < 4.78 is 11.1. The van der Waals surface area contributed by atoms with Gasteiger partial charge in [0.15, 0.2) is 6.10 Å². The van der Waals surface area contributed by atoms with E-state index in [9.17, 15) is 9.59 Å². The van der Waals surface area contributed by atoms with Crippen LogP contribution in [0.5, 0.6) is 11.5 Å². The molecule has 2 N–H and O–H groups in total. The summed E-state index contributed by atoms with van der Waals surface area (Å²) in [7, 11) is 0. The zero-order valence-electron chi connectivity index (χ0n) is 14.0. The van der Waals surface area contributed by atoms with Crippen molar-refractivity contribution < 1.29 is 19.1 Å². The Morgan fingerprint density at radius 2 is 1.96 bits per heavy atom. The highest BCUT2D eigenvalue weighted by molar-refractivity contribution is 5.99. The van der Waals surface area contributed by atoms with Crippen LogP contribution in [0.1, 0.15) is 12.0 Å². The quantitative estimate of drug-likeness (QED) is 0.791. The minimum atomic E-state index is -0.826. The van der Waals surface area contributed by atoms with Gasteiger partial charge in [0.05, 0.1) is 18.7 Å². The van der Waals surface area contributed by atoms with Gasteiger partial charge in [-0.1, -0.05) is 29.8 Å². The summed E-state index contributed by atoms with van der Waals surface area (Å²) in [6.45, 7) is 2.72. The first-order chi connectivity index (χ1) is 12.1. The molecule has 0 saturated heterocycles. The number of anilines is 1. The third kappa shape index (κ3) is 4.50. The van der Waals surface area contributed by atoms with Gasteiger partial charge in [0.25, 0.3) is 5.91 Å². The van der Waals surface area contributed by atoms with Crippen LogP contribution in [0.4, 0.5) is 5.69 Å². The number of carbonyl (C=O) groups is 2. The molecule has 0 bridgehead atoms. The summed E-state index contributed by atoms with van der Waals surface area (Å²) in [6, 6.07) is 14.8. The van der Waals surface area contributed by atoms with Gasteiger partial charge in [0.2, 0.25) is 5.91 Å². The van der Waals surface area contributed by atoms with Crippen LogP contribution in [0.15, 0.2) is 48.5 Å². The van der Waals surface area contributed by atoms with E-state index >= 15 is 0 Å². The van der Waals surface area contributed by atoms with Crippen molar-refractivity contribution in [2.24, 2.45) is 0 Å². The monoisotopic (exact) mass is 340 g/mol. The van der Waals surface area contributed by atoms with Crippen LogP contribution >= 0.6 is 0 Å². The van der Waals surface area contributed by atoms with E-state index in [1.54, 1.807) is 12.1 Å². The van der Waals surface area contributed by atoms with Crippen LogP contribution in [-0.4, -0.2) is 31.1 Å². The topological polar surface area (TPSA) is 76.7 Å². The number of para-hydroxylation sites is 2. The van der Waals surface area contributed by atoms with E-state index in [1.165, 1.54) is 0 Å². The predicted octanol–water partition coefficient (Wildman–Crippen LogP) is 2.28. The molecule has 6 heteroatoms. The van der Waals surface area contributed by atoms with E-state index in [0.717, 1.165) is 11.3 Å². The summed E-state index contributed by atoms with van der Waals surface area (Å²) in [6.07, 6.45) is -0.863. The molecule has 25 heavy (non-hydrogen) atoms. The maximum Gasteiger partial charge on any atom is 0.266 e. The molecular weight excluding hydrogens is 320 g/mol. The minimum absolute atomic E-state index is 0.0370.